The first-order valence-corrected chi connectivity index (χ1v) is 7.37. The Morgan fingerprint density at radius 2 is 2.18 bits per heavy atom. The van der Waals surface area contributed by atoms with Crippen molar-refractivity contribution >= 4 is 29.3 Å². The Bertz CT molecular complexity index is 795. The second-order valence-electron chi connectivity index (χ2n) is 5.73. The van der Waals surface area contributed by atoms with Crippen molar-refractivity contribution in [2.45, 2.75) is 25.8 Å². The van der Waals surface area contributed by atoms with Crippen LogP contribution in [-0.4, -0.2) is 21.9 Å². The van der Waals surface area contributed by atoms with Crippen LogP contribution < -0.4 is 10.2 Å². The maximum Gasteiger partial charge on any atom is 0.259 e. The predicted octanol–water partition coefficient (Wildman–Crippen LogP) is 3.29. The van der Waals surface area contributed by atoms with Gasteiger partial charge in [0.05, 0.1) is 11.3 Å². The largest absolute Gasteiger partial charge is 0.318 e. The van der Waals surface area contributed by atoms with Crippen LogP contribution in [0.2, 0.25) is 0 Å². The van der Waals surface area contributed by atoms with Gasteiger partial charge in [-0.1, -0.05) is 12.7 Å². The molecule has 0 unspecified atom stereocenters. The van der Waals surface area contributed by atoms with Crippen LogP contribution in [0, 0.1) is 6.92 Å². The molecular weight excluding hydrogens is 276 g/mol. The van der Waals surface area contributed by atoms with Crippen molar-refractivity contribution in [2.24, 2.45) is 0 Å². The second-order valence-corrected chi connectivity index (χ2v) is 5.73. The summed E-state index contributed by atoms with van der Waals surface area (Å²) in [6, 6.07) is 4.10. The lowest BCUT2D eigenvalue weighted by molar-refractivity contribution is 0.102. The molecule has 2 aromatic rings. The Morgan fingerprint density at radius 1 is 1.36 bits per heavy atom. The van der Waals surface area contributed by atoms with Gasteiger partial charge in [0.15, 0.2) is 5.82 Å². The number of aromatic nitrogens is 2. The summed E-state index contributed by atoms with van der Waals surface area (Å²) in [5.74, 6) is 1.32. The highest BCUT2D eigenvalue weighted by Crippen LogP contribution is 2.43. The molecule has 1 amide bonds. The number of fused-ring (bicyclic) bond motifs is 2. The normalized spacial score (nSPS) is 16.4. The van der Waals surface area contributed by atoms with Gasteiger partial charge in [-0.05, 0) is 43.0 Å². The number of hydrogen-bond donors (Lipinski definition) is 1. The number of anilines is 3. The lowest BCUT2D eigenvalue weighted by Crippen LogP contribution is -2.22. The molecule has 1 aliphatic carbocycles. The lowest BCUT2D eigenvalue weighted by atomic mass is 10.1. The summed E-state index contributed by atoms with van der Waals surface area (Å²) in [7, 11) is 0. The molecule has 2 aliphatic rings. The van der Waals surface area contributed by atoms with Gasteiger partial charge in [0.1, 0.15) is 5.82 Å². The summed E-state index contributed by atoms with van der Waals surface area (Å²) in [5, 5.41) is 2.99. The smallest absolute Gasteiger partial charge is 0.259 e. The highest BCUT2D eigenvalue weighted by molar-refractivity contribution is 6.12. The van der Waals surface area contributed by atoms with E-state index in [2.05, 4.69) is 26.8 Å². The standard InChI is InChI=1S/C17H16N4O/c1-3-11-8-13-15(19-9-11)21(12-4-5-12)16-14(20-17(13)22)10(2)6-7-18-16/h3,6-9,12H,1,4-5H2,2H3,(H,20,22). The van der Waals surface area contributed by atoms with Gasteiger partial charge in [-0.3, -0.25) is 4.79 Å². The quantitative estimate of drug-likeness (QED) is 0.922. The highest BCUT2D eigenvalue weighted by Gasteiger charge is 2.38. The molecule has 110 valence electrons. The van der Waals surface area contributed by atoms with E-state index < -0.39 is 0 Å². The molecule has 1 aliphatic heterocycles. The molecule has 4 rings (SSSR count). The van der Waals surface area contributed by atoms with E-state index in [0.717, 1.165) is 35.5 Å². The third-order valence-electron chi connectivity index (χ3n) is 4.11. The Kier molecular flexibility index (Phi) is 2.76. The van der Waals surface area contributed by atoms with Gasteiger partial charge in [0.2, 0.25) is 0 Å². The summed E-state index contributed by atoms with van der Waals surface area (Å²) in [4.78, 5) is 23.8. The zero-order valence-electron chi connectivity index (χ0n) is 12.3. The van der Waals surface area contributed by atoms with Crippen LogP contribution in [0.5, 0.6) is 0 Å². The first-order chi connectivity index (χ1) is 10.7. The summed E-state index contributed by atoms with van der Waals surface area (Å²) in [5.41, 5.74) is 3.18. The highest BCUT2D eigenvalue weighted by atomic mass is 16.1. The molecular formula is C17H16N4O. The zero-order chi connectivity index (χ0) is 15.3. The van der Waals surface area contributed by atoms with Crippen molar-refractivity contribution in [3.8, 4) is 0 Å². The number of carbonyl (C=O) groups is 1. The van der Waals surface area contributed by atoms with Crippen LogP contribution in [0.3, 0.4) is 0 Å². The average molecular weight is 292 g/mol. The van der Waals surface area contributed by atoms with E-state index in [9.17, 15) is 4.79 Å². The maximum atomic E-state index is 12.6. The number of rotatable bonds is 2. The summed E-state index contributed by atoms with van der Waals surface area (Å²) < 4.78 is 0. The molecule has 3 heterocycles. The molecule has 0 atom stereocenters. The minimum atomic E-state index is -0.147. The van der Waals surface area contributed by atoms with Crippen LogP contribution in [-0.2, 0) is 0 Å². The van der Waals surface area contributed by atoms with Gasteiger partial charge in [-0.25, -0.2) is 9.97 Å². The molecule has 0 saturated heterocycles. The molecule has 5 heteroatoms. The summed E-state index contributed by atoms with van der Waals surface area (Å²) in [6.07, 6.45) is 7.40. The molecule has 0 radical (unpaired) electrons. The van der Waals surface area contributed by atoms with Crippen molar-refractivity contribution in [2.75, 3.05) is 10.2 Å². The molecule has 1 N–H and O–H groups in total. The van der Waals surface area contributed by atoms with Gasteiger partial charge in [0, 0.05) is 18.4 Å². The van der Waals surface area contributed by atoms with E-state index >= 15 is 0 Å². The molecule has 1 fully saturated rings. The van der Waals surface area contributed by atoms with E-state index in [0.29, 0.717) is 17.4 Å². The SMILES string of the molecule is C=Cc1cnc2c(c1)C(=O)Nc1c(C)ccnc1N2C1CC1. The van der Waals surface area contributed by atoms with Gasteiger partial charge in [-0.15, -0.1) is 0 Å². The molecule has 1 saturated carbocycles. The number of nitrogens with one attached hydrogen (secondary N) is 1. The van der Waals surface area contributed by atoms with E-state index in [1.165, 1.54) is 0 Å². The van der Waals surface area contributed by atoms with Crippen LogP contribution >= 0.6 is 0 Å². The van der Waals surface area contributed by atoms with Gasteiger partial charge >= 0.3 is 0 Å². The van der Waals surface area contributed by atoms with Crippen molar-refractivity contribution in [3.05, 3.63) is 47.8 Å². The molecule has 0 aromatic carbocycles. The van der Waals surface area contributed by atoms with Gasteiger partial charge in [0.25, 0.3) is 5.91 Å². The molecule has 2 aromatic heterocycles. The van der Waals surface area contributed by atoms with Crippen molar-refractivity contribution in [1.82, 2.24) is 9.97 Å². The second kappa shape index (κ2) is 4.66. The van der Waals surface area contributed by atoms with E-state index in [4.69, 9.17) is 0 Å². The Morgan fingerprint density at radius 3 is 2.91 bits per heavy atom. The number of nitrogens with zero attached hydrogens (tertiary/aromatic N) is 3. The van der Waals surface area contributed by atoms with Crippen molar-refractivity contribution in [1.29, 1.82) is 0 Å². The molecule has 5 nitrogen and oxygen atoms in total. The topological polar surface area (TPSA) is 58.1 Å². The van der Waals surface area contributed by atoms with E-state index in [-0.39, 0.29) is 5.91 Å². The first kappa shape index (κ1) is 13.0. The van der Waals surface area contributed by atoms with E-state index in [1.807, 2.05) is 19.1 Å². The maximum absolute atomic E-state index is 12.6. The minimum absolute atomic E-state index is 0.147. The van der Waals surface area contributed by atoms with Crippen LogP contribution in [0.4, 0.5) is 17.3 Å². The van der Waals surface area contributed by atoms with Gasteiger partial charge in [-0.2, -0.15) is 0 Å². The third-order valence-corrected chi connectivity index (χ3v) is 4.11. The minimum Gasteiger partial charge on any atom is -0.318 e. The summed E-state index contributed by atoms with van der Waals surface area (Å²) in [6.45, 7) is 5.73. The Labute approximate surface area is 128 Å². The number of aryl methyl sites for hydroxylation is 1. The predicted molar refractivity (Wildman–Crippen MR) is 86.4 cm³/mol. The Balaban J connectivity index is 1.98. The van der Waals surface area contributed by atoms with Gasteiger partial charge < -0.3 is 10.2 Å². The monoisotopic (exact) mass is 292 g/mol. The van der Waals surface area contributed by atoms with Crippen LogP contribution in [0.15, 0.2) is 31.1 Å². The fourth-order valence-electron chi connectivity index (χ4n) is 2.79. The zero-order valence-corrected chi connectivity index (χ0v) is 12.3. The lowest BCUT2D eigenvalue weighted by Gasteiger charge is -2.23. The van der Waals surface area contributed by atoms with Crippen LogP contribution in [0.1, 0.15) is 34.3 Å². The Hall–Kier alpha value is -2.69. The number of amides is 1. The number of carbonyl (C=O) groups excluding carboxylic acids is 1. The fourth-order valence-corrected chi connectivity index (χ4v) is 2.79. The van der Waals surface area contributed by atoms with E-state index in [1.54, 1.807) is 18.5 Å². The van der Waals surface area contributed by atoms with Crippen molar-refractivity contribution < 1.29 is 4.79 Å². The summed E-state index contributed by atoms with van der Waals surface area (Å²) >= 11 is 0. The average Bonchev–Trinajstić information content (AvgIpc) is 3.35. The molecule has 0 bridgehead atoms. The first-order valence-electron chi connectivity index (χ1n) is 7.37. The number of pyridine rings is 2. The third kappa shape index (κ3) is 1.89. The van der Waals surface area contributed by atoms with Crippen molar-refractivity contribution in [3.63, 3.8) is 0 Å². The van der Waals surface area contributed by atoms with Crippen LogP contribution in [0.25, 0.3) is 6.08 Å². The fraction of sp³-hybridized carbons (Fsp3) is 0.235. The molecule has 0 spiro atoms. The number of hydrogen-bond acceptors (Lipinski definition) is 4. The molecule has 22 heavy (non-hydrogen) atoms.